The number of methoxy groups -OCH3 is 2. The highest BCUT2D eigenvalue weighted by atomic mass is 35.5. The van der Waals surface area contributed by atoms with Crippen LogP contribution in [-0.2, 0) is 23.8 Å². The largest absolute Gasteiger partial charge is 0.353 e. The molecule has 0 amide bonds. The minimum atomic E-state index is -1.73. The van der Waals surface area contributed by atoms with Gasteiger partial charge in [0, 0.05) is 14.2 Å². The Labute approximate surface area is 145 Å². The predicted molar refractivity (Wildman–Crippen MR) is 78.3 cm³/mol. The summed E-state index contributed by atoms with van der Waals surface area (Å²) >= 11 is 26.1. The summed E-state index contributed by atoms with van der Waals surface area (Å²) in [5, 5.41) is -0.0629. The van der Waals surface area contributed by atoms with E-state index in [-0.39, 0.29) is 21.6 Å². The van der Waals surface area contributed by atoms with Crippen molar-refractivity contribution in [1.29, 1.82) is 0 Å². The van der Waals surface area contributed by atoms with Gasteiger partial charge >= 0.3 is 0 Å². The smallest absolute Gasteiger partial charge is 0.218 e. The number of carbonyl (C=O) groups is 2. The Hall–Kier alpha value is 0.120. The third-order valence-electron chi connectivity index (χ3n) is 5.22. The highest BCUT2D eigenvalue weighted by Crippen LogP contribution is 2.75. The standard InChI is InChI=1S/C13H10Cl4O5/c1-20-13(21-2)11(16)3-4(12(13,17)10(15)9(11)14)6(19)8-7(22-8)5(3)18/h3-4,7-8H,1-2H3/t3-,4-,7-,8+,11-,12-/m0/s1. The van der Waals surface area contributed by atoms with Gasteiger partial charge in [-0.1, -0.05) is 23.2 Å². The summed E-state index contributed by atoms with van der Waals surface area (Å²) in [5.74, 6) is -4.41. The number of epoxide rings is 1. The van der Waals surface area contributed by atoms with Crippen LogP contribution in [-0.4, -0.2) is 53.5 Å². The average molecular weight is 388 g/mol. The van der Waals surface area contributed by atoms with E-state index in [1.54, 1.807) is 0 Å². The van der Waals surface area contributed by atoms with Crippen LogP contribution in [0, 0.1) is 11.8 Å². The van der Waals surface area contributed by atoms with Gasteiger partial charge in [0.2, 0.25) is 5.79 Å². The van der Waals surface area contributed by atoms with Gasteiger partial charge in [-0.15, -0.1) is 23.2 Å². The first-order chi connectivity index (χ1) is 10.2. The summed E-state index contributed by atoms with van der Waals surface area (Å²) in [6.07, 6.45) is -1.59. The fourth-order valence-corrected chi connectivity index (χ4v) is 6.50. The Bertz CT molecular complexity index is 609. The van der Waals surface area contributed by atoms with Gasteiger partial charge < -0.3 is 14.2 Å². The molecule has 0 N–H and O–H groups in total. The zero-order chi connectivity index (χ0) is 16.2. The maximum Gasteiger partial charge on any atom is 0.218 e. The molecule has 120 valence electrons. The van der Waals surface area contributed by atoms with Gasteiger partial charge in [0.05, 0.1) is 21.9 Å². The highest BCUT2D eigenvalue weighted by molar-refractivity contribution is 6.53. The number of ether oxygens (including phenoxy) is 3. The monoisotopic (exact) mass is 386 g/mol. The number of alkyl halides is 2. The van der Waals surface area contributed by atoms with E-state index in [2.05, 4.69) is 0 Å². The molecule has 6 atom stereocenters. The van der Waals surface area contributed by atoms with Gasteiger partial charge in [0.15, 0.2) is 23.8 Å². The van der Waals surface area contributed by atoms with Crippen LogP contribution in [0.2, 0.25) is 0 Å². The number of rotatable bonds is 2. The molecule has 1 saturated heterocycles. The SMILES string of the molecule is COC1(OC)[C@@]2(Cl)C(Cl)=C(Cl)[C@@]1(Cl)[C@@H]1C(=O)[C@@H]3O[C@@H]3C(=O)[C@H]12. The van der Waals surface area contributed by atoms with Gasteiger partial charge in [-0.25, -0.2) is 0 Å². The molecule has 0 spiro atoms. The molecule has 0 unspecified atom stereocenters. The first-order valence-electron chi connectivity index (χ1n) is 6.51. The van der Waals surface area contributed by atoms with Crippen molar-refractivity contribution in [1.82, 2.24) is 0 Å². The van der Waals surface area contributed by atoms with Crippen LogP contribution in [0.3, 0.4) is 0 Å². The van der Waals surface area contributed by atoms with Crippen LogP contribution >= 0.6 is 46.4 Å². The molecule has 4 rings (SSSR count). The molecule has 2 saturated carbocycles. The first-order valence-corrected chi connectivity index (χ1v) is 8.02. The Morgan fingerprint density at radius 2 is 1.27 bits per heavy atom. The van der Waals surface area contributed by atoms with Crippen molar-refractivity contribution in [2.24, 2.45) is 11.8 Å². The molecule has 2 bridgehead atoms. The maximum atomic E-state index is 12.6. The molecule has 0 aromatic heterocycles. The molecule has 1 aliphatic heterocycles. The summed E-state index contributed by atoms with van der Waals surface area (Å²) in [6.45, 7) is 0. The molecule has 9 heteroatoms. The number of halogens is 4. The van der Waals surface area contributed by atoms with Gasteiger partial charge in [-0.3, -0.25) is 9.59 Å². The Morgan fingerprint density at radius 1 is 0.909 bits per heavy atom. The molecule has 22 heavy (non-hydrogen) atoms. The van der Waals surface area contributed by atoms with Crippen LogP contribution in [0.5, 0.6) is 0 Å². The van der Waals surface area contributed by atoms with Gasteiger partial charge in [-0.2, -0.15) is 0 Å². The number of carbonyl (C=O) groups excluding carboxylic acids is 2. The molecule has 3 aliphatic carbocycles. The zero-order valence-electron chi connectivity index (χ0n) is 11.4. The van der Waals surface area contributed by atoms with Crippen molar-refractivity contribution >= 4 is 58.0 Å². The van der Waals surface area contributed by atoms with Crippen molar-refractivity contribution in [2.75, 3.05) is 14.2 Å². The topological polar surface area (TPSA) is 65.1 Å². The summed E-state index contributed by atoms with van der Waals surface area (Å²) in [4.78, 5) is 21.9. The molecule has 1 heterocycles. The second-order valence-electron chi connectivity index (χ2n) is 5.81. The Morgan fingerprint density at radius 3 is 1.59 bits per heavy atom. The van der Waals surface area contributed by atoms with E-state index < -0.39 is 39.6 Å². The average Bonchev–Trinajstić information content (AvgIpc) is 3.25. The lowest BCUT2D eigenvalue weighted by Gasteiger charge is -2.41. The molecule has 0 aromatic rings. The number of hydrogen-bond acceptors (Lipinski definition) is 5. The maximum absolute atomic E-state index is 12.6. The number of hydrogen-bond donors (Lipinski definition) is 0. The second-order valence-corrected chi connectivity index (χ2v) is 7.76. The van der Waals surface area contributed by atoms with Crippen LogP contribution < -0.4 is 0 Å². The number of Topliss-reactive ketones (excluding diaryl/α,β-unsaturated/α-hetero) is 2. The lowest BCUT2D eigenvalue weighted by molar-refractivity contribution is -0.220. The van der Waals surface area contributed by atoms with Crippen LogP contribution in [0.4, 0.5) is 0 Å². The van der Waals surface area contributed by atoms with E-state index >= 15 is 0 Å². The number of ketones is 2. The van der Waals surface area contributed by atoms with Crippen molar-refractivity contribution in [3.05, 3.63) is 10.1 Å². The third-order valence-corrected chi connectivity index (χ3v) is 7.83. The van der Waals surface area contributed by atoms with Crippen molar-refractivity contribution < 1.29 is 23.8 Å². The predicted octanol–water partition coefficient (Wildman–Crippen LogP) is 1.80. The molecule has 4 aliphatic rings. The summed E-state index contributed by atoms with van der Waals surface area (Å²) in [6, 6.07) is 0. The Kier molecular flexibility index (Phi) is 2.98. The normalized spacial score (nSPS) is 51.2. The van der Waals surface area contributed by atoms with Crippen LogP contribution in [0.25, 0.3) is 0 Å². The minimum absolute atomic E-state index is 0.0315. The lowest BCUT2D eigenvalue weighted by atomic mass is 9.71. The summed E-state index contributed by atoms with van der Waals surface area (Å²) < 4.78 is 16.1. The zero-order valence-corrected chi connectivity index (χ0v) is 14.4. The van der Waals surface area contributed by atoms with Crippen molar-refractivity contribution in [2.45, 2.75) is 27.7 Å². The number of fused-ring (bicyclic) bond motifs is 6. The Balaban J connectivity index is 2.04. The molecular formula is C13H10Cl4O5. The summed E-state index contributed by atoms with van der Waals surface area (Å²) in [7, 11) is 2.64. The van der Waals surface area contributed by atoms with E-state index in [1.165, 1.54) is 14.2 Å². The lowest BCUT2D eigenvalue weighted by Crippen LogP contribution is -2.58. The van der Waals surface area contributed by atoms with E-state index in [1.807, 2.05) is 0 Å². The molecular weight excluding hydrogens is 378 g/mol. The molecule has 0 radical (unpaired) electrons. The van der Waals surface area contributed by atoms with Crippen molar-refractivity contribution in [3.63, 3.8) is 0 Å². The fraction of sp³-hybridized carbons (Fsp3) is 0.692. The van der Waals surface area contributed by atoms with Crippen LogP contribution in [0.15, 0.2) is 10.1 Å². The molecule has 0 aromatic carbocycles. The highest BCUT2D eigenvalue weighted by Gasteiger charge is 2.89. The molecule has 5 nitrogen and oxygen atoms in total. The van der Waals surface area contributed by atoms with Crippen LogP contribution in [0.1, 0.15) is 0 Å². The minimum Gasteiger partial charge on any atom is -0.353 e. The van der Waals surface area contributed by atoms with E-state index in [0.29, 0.717) is 0 Å². The first kappa shape index (κ1) is 15.6. The quantitative estimate of drug-likeness (QED) is 0.410. The fourth-order valence-electron chi connectivity index (χ4n) is 4.31. The van der Waals surface area contributed by atoms with Gasteiger partial charge in [-0.05, 0) is 0 Å². The third kappa shape index (κ3) is 1.21. The van der Waals surface area contributed by atoms with E-state index in [9.17, 15) is 9.59 Å². The second kappa shape index (κ2) is 4.20. The molecule has 3 fully saturated rings. The van der Waals surface area contributed by atoms with Gasteiger partial charge in [0.1, 0.15) is 9.75 Å². The summed E-state index contributed by atoms with van der Waals surface area (Å²) in [5.41, 5.74) is 0. The van der Waals surface area contributed by atoms with E-state index in [0.717, 1.165) is 0 Å². The van der Waals surface area contributed by atoms with Crippen molar-refractivity contribution in [3.8, 4) is 0 Å². The van der Waals surface area contributed by atoms with E-state index in [4.69, 9.17) is 60.6 Å². The van der Waals surface area contributed by atoms with Gasteiger partial charge in [0.25, 0.3) is 0 Å².